The fourth-order valence-electron chi connectivity index (χ4n) is 3.09. The highest BCUT2D eigenvalue weighted by Crippen LogP contribution is 2.25. The number of para-hydroxylation sites is 1. The molecule has 1 heterocycles. The molecule has 1 amide bonds. The zero-order valence-electron chi connectivity index (χ0n) is 16.7. The summed E-state index contributed by atoms with van der Waals surface area (Å²) in [5.41, 5.74) is 4.88. The molecule has 0 spiro atoms. The van der Waals surface area contributed by atoms with Crippen LogP contribution in [0.25, 0.3) is 22.5 Å². The van der Waals surface area contributed by atoms with Crippen molar-refractivity contribution >= 4 is 5.91 Å². The summed E-state index contributed by atoms with van der Waals surface area (Å²) in [6.07, 6.45) is 0. The fraction of sp³-hybridized carbons (Fsp3) is 0.120. The van der Waals surface area contributed by atoms with E-state index in [0.717, 1.165) is 22.3 Å². The molecule has 0 saturated heterocycles. The second kappa shape index (κ2) is 9.09. The predicted octanol–water partition coefficient (Wildman–Crippen LogP) is 5.01. The van der Waals surface area contributed by atoms with Gasteiger partial charge in [0.15, 0.2) is 12.4 Å². The molecule has 0 aliphatic carbocycles. The number of nitrogens with zero attached hydrogens (tertiary/aromatic N) is 1. The van der Waals surface area contributed by atoms with E-state index >= 15 is 0 Å². The van der Waals surface area contributed by atoms with Crippen LogP contribution in [0.1, 0.15) is 11.3 Å². The Morgan fingerprint density at radius 3 is 2.33 bits per heavy atom. The molecule has 4 aromatic rings. The van der Waals surface area contributed by atoms with E-state index < -0.39 is 0 Å². The second-order valence-electron chi connectivity index (χ2n) is 6.96. The van der Waals surface area contributed by atoms with Crippen LogP contribution in [0.5, 0.6) is 5.75 Å². The van der Waals surface area contributed by atoms with Crippen molar-refractivity contribution in [1.82, 2.24) is 10.5 Å². The first-order valence-electron chi connectivity index (χ1n) is 9.75. The van der Waals surface area contributed by atoms with Crippen molar-refractivity contribution in [2.75, 3.05) is 6.61 Å². The number of ether oxygens (including phenoxy) is 1. The monoisotopic (exact) mass is 398 g/mol. The lowest BCUT2D eigenvalue weighted by Crippen LogP contribution is -2.28. The molecule has 150 valence electrons. The minimum absolute atomic E-state index is 0.0451. The van der Waals surface area contributed by atoms with Crippen LogP contribution in [0.4, 0.5) is 0 Å². The van der Waals surface area contributed by atoms with Gasteiger partial charge in [0, 0.05) is 11.6 Å². The summed E-state index contributed by atoms with van der Waals surface area (Å²) < 4.78 is 11.0. The summed E-state index contributed by atoms with van der Waals surface area (Å²) in [6, 6.07) is 27.7. The Kier molecular flexibility index (Phi) is 5.90. The van der Waals surface area contributed by atoms with Crippen LogP contribution < -0.4 is 10.1 Å². The zero-order valence-corrected chi connectivity index (χ0v) is 16.7. The van der Waals surface area contributed by atoms with Gasteiger partial charge in [-0.1, -0.05) is 78.0 Å². The maximum Gasteiger partial charge on any atom is 0.258 e. The molecule has 30 heavy (non-hydrogen) atoms. The third kappa shape index (κ3) is 4.75. The molecule has 1 N–H and O–H groups in total. The van der Waals surface area contributed by atoms with E-state index in [9.17, 15) is 4.79 Å². The third-order valence-corrected chi connectivity index (χ3v) is 4.75. The highest BCUT2D eigenvalue weighted by atomic mass is 16.5. The second-order valence-corrected chi connectivity index (χ2v) is 6.96. The van der Waals surface area contributed by atoms with Crippen LogP contribution in [0.2, 0.25) is 0 Å². The van der Waals surface area contributed by atoms with Crippen molar-refractivity contribution in [3.8, 4) is 28.2 Å². The van der Waals surface area contributed by atoms with Crippen molar-refractivity contribution in [1.29, 1.82) is 0 Å². The summed E-state index contributed by atoms with van der Waals surface area (Å²) in [7, 11) is 0. The molecule has 4 rings (SSSR count). The zero-order chi connectivity index (χ0) is 20.8. The summed E-state index contributed by atoms with van der Waals surface area (Å²) in [5.74, 6) is 1.15. The molecule has 0 atom stereocenters. The summed E-state index contributed by atoms with van der Waals surface area (Å²) in [5, 5.41) is 6.84. The molecule has 5 nitrogen and oxygen atoms in total. The number of aromatic nitrogens is 1. The van der Waals surface area contributed by atoms with Crippen LogP contribution in [-0.4, -0.2) is 17.7 Å². The number of rotatable bonds is 7. The van der Waals surface area contributed by atoms with Gasteiger partial charge >= 0.3 is 0 Å². The minimum atomic E-state index is -0.213. The first-order chi connectivity index (χ1) is 14.7. The number of aryl methyl sites for hydroxylation is 1. The van der Waals surface area contributed by atoms with Gasteiger partial charge < -0.3 is 14.6 Å². The number of carbonyl (C=O) groups excluding carboxylic acids is 1. The van der Waals surface area contributed by atoms with Gasteiger partial charge in [-0.15, -0.1) is 0 Å². The Morgan fingerprint density at radius 1 is 0.900 bits per heavy atom. The number of hydrogen-bond donors (Lipinski definition) is 1. The van der Waals surface area contributed by atoms with E-state index in [1.54, 1.807) is 0 Å². The van der Waals surface area contributed by atoms with Crippen molar-refractivity contribution in [2.45, 2.75) is 13.5 Å². The maximum atomic E-state index is 12.1. The molecular formula is C25H22N2O3. The predicted molar refractivity (Wildman–Crippen MR) is 116 cm³/mol. The van der Waals surface area contributed by atoms with Gasteiger partial charge in [0.2, 0.25) is 0 Å². The third-order valence-electron chi connectivity index (χ3n) is 4.75. The van der Waals surface area contributed by atoms with Gasteiger partial charge in [-0.25, -0.2) is 0 Å². The van der Waals surface area contributed by atoms with E-state index in [0.29, 0.717) is 17.2 Å². The highest BCUT2D eigenvalue weighted by molar-refractivity contribution is 5.77. The summed E-state index contributed by atoms with van der Waals surface area (Å²) in [4.78, 5) is 12.1. The highest BCUT2D eigenvalue weighted by Gasteiger charge is 2.10. The average molecular weight is 398 g/mol. The van der Waals surface area contributed by atoms with E-state index in [-0.39, 0.29) is 19.1 Å². The van der Waals surface area contributed by atoms with Crippen molar-refractivity contribution < 1.29 is 14.1 Å². The number of amides is 1. The molecule has 0 bridgehead atoms. The van der Waals surface area contributed by atoms with Gasteiger partial charge in [0.1, 0.15) is 11.4 Å². The van der Waals surface area contributed by atoms with E-state index in [1.807, 2.05) is 67.6 Å². The molecule has 0 aliphatic rings. The number of benzene rings is 3. The van der Waals surface area contributed by atoms with Gasteiger partial charge in [-0.2, -0.15) is 0 Å². The molecule has 0 radical (unpaired) electrons. The smallest absolute Gasteiger partial charge is 0.258 e. The van der Waals surface area contributed by atoms with Gasteiger partial charge in [0.05, 0.1) is 6.54 Å². The van der Waals surface area contributed by atoms with Gasteiger partial charge in [-0.05, 0) is 29.7 Å². The lowest BCUT2D eigenvalue weighted by atomic mass is 10.0. The Balaban J connectivity index is 1.32. The van der Waals surface area contributed by atoms with Crippen molar-refractivity contribution in [3.63, 3.8) is 0 Å². The number of carbonyl (C=O) groups is 1. The van der Waals surface area contributed by atoms with E-state index in [4.69, 9.17) is 9.26 Å². The van der Waals surface area contributed by atoms with Crippen molar-refractivity contribution in [2.24, 2.45) is 0 Å². The Bertz CT molecular complexity index is 1120. The normalized spacial score (nSPS) is 10.6. The molecule has 0 unspecified atom stereocenters. The van der Waals surface area contributed by atoms with Crippen LogP contribution in [0.3, 0.4) is 0 Å². The average Bonchev–Trinajstić information content (AvgIpc) is 3.27. The fourth-order valence-corrected chi connectivity index (χ4v) is 3.09. The lowest BCUT2D eigenvalue weighted by molar-refractivity contribution is -0.123. The topological polar surface area (TPSA) is 64.4 Å². The molecule has 0 aliphatic heterocycles. The summed E-state index contributed by atoms with van der Waals surface area (Å²) >= 11 is 0. The Hall–Kier alpha value is -3.86. The van der Waals surface area contributed by atoms with Crippen LogP contribution >= 0.6 is 0 Å². The molecule has 3 aromatic carbocycles. The molecule has 5 heteroatoms. The quantitative estimate of drug-likeness (QED) is 0.475. The number of nitrogens with one attached hydrogen (secondary N) is 1. The molecule has 1 aromatic heterocycles. The van der Waals surface area contributed by atoms with Crippen molar-refractivity contribution in [3.05, 3.63) is 96.2 Å². The molecule has 0 fully saturated rings. The first-order valence-corrected chi connectivity index (χ1v) is 9.75. The minimum Gasteiger partial charge on any atom is -0.484 e. The van der Waals surface area contributed by atoms with Crippen LogP contribution in [0.15, 0.2) is 89.5 Å². The lowest BCUT2D eigenvalue weighted by Gasteiger charge is -2.08. The largest absolute Gasteiger partial charge is 0.484 e. The first kappa shape index (κ1) is 19.5. The van der Waals surface area contributed by atoms with Gasteiger partial charge in [0.25, 0.3) is 5.91 Å². The number of hydrogen-bond acceptors (Lipinski definition) is 4. The van der Waals surface area contributed by atoms with Gasteiger partial charge in [-0.3, -0.25) is 4.79 Å². The summed E-state index contributed by atoms with van der Waals surface area (Å²) in [6.45, 7) is 2.18. The standard InChI is InChI=1S/C25H22N2O3/c1-18-7-5-6-10-23(18)29-17-25(28)26-16-22-15-24(30-27-22)21-13-11-20(12-14-21)19-8-3-2-4-9-19/h2-15H,16-17H2,1H3,(H,26,28). The Labute approximate surface area is 175 Å². The van der Waals surface area contributed by atoms with Crippen LogP contribution in [0, 0.1) is 6.92 Å². The Morgan fingerprint density at radius 2 is 1.57 bits per heavy atom. The maximum absolute atomic E-state index is 12.1. The van der Waals surface area contributed by atoms with E-state index in [2.05, 4.69) is 34.7 Å². The SMILES string of the molecule is Cc1ccccc1OCC(=O)NCc1cc(-c2ccc(-c3ccccc3)cc2)on1. The molecular weight excluding hydrogens is 376 g/mol. The van der Waals surface area contributed by atoms with E-state index in [1.165, 1.54) is 0 Å². The molecule has 0 saturated carbocycles. The van der Waals surface area contributed by atoms with Crippen LogP contribution in [-0.2, 0) is 11.3 Å².